The summed E-state index contributed by atoms with van der Waals surface area (Å²) in [5.41, 5.74) is 9.12. The predicted octanol–water partition coefficient (Wildman–Crippen LogP) is 2.08. The van der Waals surface area contributed by atoms with E-state index >= 15 is 0 Å². The van der Waals surface area contributed by atoms with Crippen LogP contribution in [0.2, 0.25) is 0 Å². The zero-order chi connectivity index (χ0) is 9.84. The van der Waals surface area contributed by atoms with Crippen molar-refractivity contribution in [3.05, 3.63) is 29.3 Å². The first-order valence-corrected chi connectivity index (χ1v) is 4.68. The van der Waals surface area contributed by atoms with E-state index in [0.29, 0.717) is 6.04 Å². The zero-order valence-corrected chi connectivity index (χ0v) is 8.59. The molecule has 72 valence electrons. The van der Waals surface area contributed by atoms with E-state index in [2.05, 4.69) is 32.2 Å². The van der Waals surface area contributed by atoms with Crippen LogP contribution in [0, 0.1) is 6.92 Å². The molecule has 1 rings (SSSR count). The number of benzene rings is 1. The molecule has 0 aliphatic carbocycles. The molecule has 0 fully saturated rings. The number of hydrogen-bond donors (Lipinski definition) is 2. The molecular weight excluding hydrogens is 160 g/mol. The van der Waals surface area contributed by atoms with Gasteiger partial charge in [-0.2, -0.15) is 0 Å². The molecule has 2 nitrogen and oxygen atoms in total. The number of rotatable bonds is 3. The van der Waals surface area contributed by atoms with Crippen LogP contribution in [0.1, 0.15) is 25.0 Å². The van der Waals surface area contributed by atoms with Gasteiger partial charge in [0.25, 0.3) is 0 Å². The van der Waals surface area contributed by atoms with Crippen LogP contribution in [0.3, 0.4) is 0 Å². The van der Waals surface area contributed by atoms with Crippen molar-refractivity contribution in [2.24, 2.45) is 0 Å². The molecule has 1 aromatic carbocycles. The van der Waals surface area contributed by atoms with E-state index in [-0.39, 0.29) is 0 Å². The van der Waals surface area contributed by atoms with Gasteiger partial charge in [0.2, 0.25) is 0 Å². The first kappa shape index (κ1) is 10.1. The number of aryl methyl sites for hydroxylation is 1. The van der Waals surface area contributed by atoms with Crippen molar-refractivity contribution < 1.29 is 0 Å². The highest BCUT2D eigenvalue weighted by atomic mass is 14.9. The highest BCUT2D eigenvalue weighted by molar-refractivity contribution is 5.44. The maximum atomic E-state index is 5.71. The van der Waals surface area contributed by atoms with Gasteiger partial charge in [-0.15, -0.1) is 0 Å². The van der Waals surface area contributed by atoms with Gasteiger partial charge in [0, 0.05) is 18.3 Å². The molecule has 0 saturated heterocycles. The maximum Gasteiger partial charge on any atom is 0.0317 e. The Morgan fingerprint density at radius 3 is 2.69 bits per heavy atom. The predicted molar refractivity (Wildman–Crippen MR) is 57.6 cm³/mol. The third kappa shape index (κ3) is 3.07. The molecule has 0 bridgehead atoms. The van der Waals surface area contributed by atoms with Gasteiger partial charge < -0.3 is 11.1 Å². The first-order chi connectivity index (χ1) is 6.09. The Balaban J connectivity index is 2.70. The highest BCUT2D eigenvalue weighted by Crippen LogP contribution is 2.12. The molecule has 0 aliphatic rings. The van der Waals surface area contributed by atoms with E-state index in [1.165, 1.54) is 11.1 Å². The second-order valence-electron chi connectivity index (χ2n) is 3.72. The van der Waals surface area contributed by atoms with Gasteiger partial charge in [0.15, 0.2) is 0 Å². The molecule has 0 amide bonds. The fraction of sp³-hybridized carbons (Fsp3) is 0.455. The number of nitrogens with two attached hydrogens (primary N) is 1. The third-order valence-corrected chi connectivity index (χ3v) is 2.07. The fourth-order valence-corrected chi connectivity index (χ4v) is 1.20. The van der Waals surface area contributed by atoms with Gasteiger partial charge in [-0.1, -0.05) is 19.9 Å². The SMILES string of the molecule is Cc1ccc(N)cc1CNC(C)C. The summed E-state index contributed by atoms with van der Waals surface area (Å²) in [6, 6.07) is 6.55. The van der Waals surface area contributed by atoms with Crippen LogP contribution in [-0.4, -0.2) is 6.04 Å². The molecular formula is C11H18N2. The Morgan fingerprint density at radius 1 is 1.38 bits per heavy atom. The quantitative estimate of drug-likeness (QED) is 0.695. The van der Waals surface area contributed by atoms with Crippen LogP contribution in [0.15, 0.2) is 18.2 Å². The molecule has 0 aromatic heterocycles. The topological polar surface area (TPSA) is 38.0 Å². The summed E-state index contributed by atoms with van der Waals surface area (Å²) in [5.74, 6) is 0. The van der Waals surface area contributed by atoms with Crippen LogP contribution in [0.4, 0.5) is 5.69 Å². The van der Waals surface area contributed by atoms with E-state index in [1.807, 2.05) is 12.1 Å². The van der Waals surface area contributed by atoms with Crippen LogP contribution >= 0.6 is 0 Å². The second kappa shape index (κ2) is 4.28. The summed E-state index contributed by atoms with van der Waals surface area (Å²) in [6.07, 6.45) is 0. The standard InChI is InChI=1S/C11H18N2/c1-8(2)13-7-10-6-11(12)5-4-9(10)3/h4-6,8,13H,7,12H2,1-3H3. The molecule has 0 radical (unpaired) electrons. The lowest BCUT2D eigenvalue weighted by Gasteiger charge is -2.10. The second-order valence-corrected chi connectivity index (χ2v) is 3.72. The lowest BCUT2D eigenvalue weighted by Crippen LogP contribution is -2.22. The molecule has 0 heterocycles. The minimum Gasteiger partial charge on any atom is -0.399 e. The Bertz CT molecular complexity index is 279. The van der Waals surface area contributed by atoms with Gasteiger partial charge >= 0.3 is 0 Å². The number of nitrogen functional groups attached to an aromatic ring is 1. The summed E-state index contributed by atoms with van der Waals surface area (Å²) in [4.78, 5) is 0. The van der Waals surface area contributed by atoms with E-state index in [4.69, 9.17) is 5.73 Å². The van der Waals surface area contributed by atoms with E-state index in [9.17, 15) is 0 Å². The van der Waals surface area contributed by atoms with E-state index < -0.39 is 0 Å². The van der Waals surface area contributed by atoms with Crippen molar-refractivity contribution in [2.75, 3.05) is 5.73 Å². The molecule has 0 aliphatic heterocycles. The van der Waals surface area contributed by atoms with Crippen molar-refractivity contribution in [1.82, 2.24) is 5.32 Å². The summed E-state index contributed by atoms with van der Waals surface area (Å²) in [7, 11) is 0. The lowest BCUT2D eigenvalue weighted by atomic mass is 10.1. The van der Waals surface area contributed by atoms with Crippen molar-refractivity contribution in [1.29, 1.82) is 0 Å². The minimum atomic E-state index is 0.515. The number of nitrogens with one attached hydrogen (secondary N) is 1. The molecule has 3 N–H and O–H groups in total. The van der Waals surface area contributed by atoms with Crippen molar-refractivity contribution in [2.45, 2.75) is 33.4 Å². The molecule has 0 unspecified atom stereocenters. The Hall–Kier alpha value is -1.02. The average Bonchev–Trinajstić information content (AvgIpc) is 2.06. The van der Waals surface area contributed by atoms with Gasteiger partial charge in [0.05, 0.1) is 0 Å². The highest BCUT2D eigenvalue weighted by Gasteiger charge is 1.99. The Labute approximate surface area is 80.1 Å². The van der Waals surface area contributed by atoms with Crippen LogP contribution in [0.25, 0.3) is 0 Å². The third-order valence-electron chi connectivity index (χ3n) is 2.07. The summed E-state index contributed by atoms with van der Waals surface area (Å²) >= 11 is 0. The summed E-state index contributed by atoms with van der Waals surface area (Å²) < 4.78 is 0. The van der Waals surface area contributed by atoms with Gasteiger partial charge in [-0.3, -0.25) is 0 Å². The van der Waals surface area contributed by atoms with Gasteiger partial charge in [-0.25, -0.2) is 0 Å². The Morgan fingerprint density at radius 2 is 2.08 bits per heavy atom. The van der Waals surface area contributed by atoms with Crippen LogP contribution < -0.4 is 11.1 Å². The molecule has 0 spiro atoms. The molecule has 2 heteroatoms. The van der Waals surface area contributed by atoms with Crippen LogP contribution in [-0.2, 0) is 6.54 Å². The first-order valence-electron chi connectivity index (χ1n) is 4.68. The van der Waals surface area contributed by atoms with Crippen molar-refractivity contribution in [3.8, 4) is 0 Å². The maximum absolute atomic E-state index is 5.71. The molecule has 0 atom stereocenters. The van der Waals surface area contributed by atoms with Crippen molar-refractivity contribution >= 4 is 5.69 Å². The van der Waals surface area contributed by atoms with E-state index in [1.54, 1.807) is 0 Å². The fourth-order valence-electron chi connectivity index (χ4n) is 1.20. The summed E-state index contributed by atoms with van der Waals surface area (Å²) in [5, 5.41) is 3.37. The lowest BCUT2D eigenvalue weighted by molar-refractivity contribution is 0.587. The molecule has 13 heavy (non-hydrogen) atoms. The monoisotopic (exact) mass is 178 g/mol. The van der Waals surface area contributed by atoms with Gasteiger partial charge in [0.1, 0.15) is 0 Å². The van der Waals surface area contributed by atoms with Crippen molar-refractivity contribution in [3.63, 3.8) is 0 Å². The molecule has 1 aromatic rings. The smallest absolute Gasteiger partial charge is 0.0317 e. The van der Waals surface area contributed by atoms with Crippen LogP contribution in [0.5, 0.6) is 0 Å². The number of hydrogen-bond acceptors (Lipinski definition) is 2. The number of anilines is 1. The average molecular weight is 178 g/mol. The normalized spacial score (nSPS) is 10.8. The largest absolute Gasteiger partial charge is 0.399 e. The van der Waals surface area contributed by atoms with E-state index in [0.717, 1.165) is 12.2 Å². The molecule has 0 saturated carbocycles. The Kier molecular flexibility index (Phi) is 3.32. The zero-order valence-electron chi connectivity index (χ0n) is 8.59. The van der Waals surface area contributed by atoms with Gasteiger partial charge in [-0.05, 0) is 30.2 Å². The minimum absolute atomic E-state index is 0.515. The summed E-state index contributed by atoms with van der Waals surface area (Å²) in [6.45, 7) is 7.29.